The number of nitro benzene ring substituents is 1. The molecule has 10 heteroatoms. The largest absolute Gasteiger partial charge is 0.457 e. The highest BCUT2D eigenvalue weighted by Crippen LogP contribution is 2.30. The summed E-state index contributed by atoms with van der Waals surface area (Å²) in [5, 5.41) is 18.2. The van der Waals surface area contributed by atoms with E-state index in [1.807, 2.05) is 19.1 Å². The molecule has 0 atom stereocenters. The number of nitrogens with one attached hydrogen (secondary N) is 1. The van der Waals surface area contributed by atoms with E-state index in [4.69, 9.17) is 4.74 Å². The van der Waals surface area contributed by atoms with Crippen LogP contribution in [0.4, 0.5) is 11.4 Å². The second-order valence-corrected chi connectivity index (χ2v) is 7.19. The second-order valence-electron chi connectivity index (χ2n) is 6.39. The molecule has 9 nitrogen and oxygen atoms in total. The highest BCUT2D eigenvalue weighted by Gasteiger charge is 2.20. The lowest BCUT2D eigenvalue weighted by atomic mass is 10.2. The van der Waals surface area contributed by atoms with Crippen LogP contribution in [0.25, 0.3) is 5.65 Å². The Morgan fingerprint density at radius 2 is 1.97 bits per heavy atom. The molecule has 1 amide bonds. The summed E-state index contributed by atoms with van der Waals surface area (Å²) in [5.41, 5.74) is 1.62. The van der Waals surface area contributed by atoms with Gasteiger partial charge in [-0.15, -0.1) is 0 Å². The lowest BCUT2D eigenvalue weighted by Gasteiger charge is -2.09. The molecule has 0 aliphatic rings. The minimum atomic E-state index is -0.553. The van der Waals surface area contributed by atoms with Crippen molar-refractivity contribution in [2.24, 2.45) is 0 Å². The Morgan fingerprint density at radius 1 is 1.20 bits per heavy atom. The normalized spacial score (nSPS) is 10.7. The van der Waals surface area contributed by atoms with E-state index in [9.17, 15) is 14.9 Å². The summed E-state index contributed by atoms with van der Waals surface area (Å²) in [6.07, 6.45) is 3.24. The summed E-state index contributed by atoms with van der Waals surface area (Å²) < 4.78 is 7.60. The number of nitrogens with zero attached hydrogens (tertiary/aromatic N) is 4. The van der Waals surface area contributed by atoms with Crippen molar-refractivity contribution in [1.29, 1.82) is 0 Å². The van der Waals surface area contributed by atoms with Crippen LogP contribution in [0, 0.1) is 17.0 Å². The third kappa shape index (κ3) is 3.98. The first-order valence-corrected chi connectivity index (χ1v) is 9.54. The first kappa shape index (κ1) is 19.5. The smallest absolute Gasteiger partial charge is 0.277 e. The van der Waals surface area contributed by atoms with Crippen molar-refractivity contribution in [2.45, 2.75) is 6.92 Å². The van der Waals surface area contributed by atoms with Crippen LogP contribution in [0.15, 0.2) is 65.4 Å². The van der Waals surface area contributed by atoms with Crippen molar-refractivity contribution >= 4 is 38.9 Å². The topological polar surface area (TPSA) is 112 Å². The first-order valence-electron chi connectivity index (χ1n) is 8.75. The van der Waals surface area contributed by atoms with Gasteiger partial charge in [0.15, 0.2) is 11.3 Å². The molecular weight excluding hydrogens is 454 g/mol. The molecule has 2 aromatic carbocycles. The summed E-state index contributed by atoms with van der Waals surface area (Å²) in [4.78, 5) is 27.7. The summed E-state index contributed by atoms with van der Waals surface area (Å²) in [5.74, 6) is 0.195. The highest BCUT2D eigenvalue weighted by molar-refractivity contribution is 9.10. The third-order valence-electron chi connectivity index (χ3n) is 4.17. The standard InChI is InChI=1S/C20H14BrN5O4/c1-12-3-5-15(6-4-12)30-16-10-13(9-14(11-16)26(28)29)23-20(27)18-17(21)19-22-7-2-8-25(19)24-18/h2-11H,1H3,(H,23,27). The predicted molar refractivity (Wildman–Crippen MR) is 113 cm³/mol. The number of aryl methyl sites for hydroxylation is 1. The van der Waals surface area contributed by atoms with Gasteiger partial charge in [-0.3, -0.25) is 14.9 Å². The minimum Gasteiger partial charge on any atom is -0.457 e. The van der Waals surface area contributed by atoms with Gasteiger partial charge in [0.05, 0.1) is 21.1 Å². The zero-order valence-electron chi connectivity index (χ0n) is 15.6. The van der Waals surface area contributed by atoms with Gasteiger partial charge in [-0.05, 0) is 41.1 Å². The van der Waals surface area contributed by atoms with Gasteiger partial charge in [0.2, 0.25) is 0 Å². The van der Waals surface area contributed by atoms with Gasteiger partial charge in [-0.25, -0.2) is 9.50 Å². The van der Waals surface area contributed by atoms with Gasteiger partial charge < -0.3 is 10.1 Å². The highest BCUT2D eigenvalue weighted by atomic mass is 79.9. The van der Waals surface area contributed by atoms with E-state index in [2.05, 4.69) is 31.3 Å². The fourth-order valence-electron chi connectivity index (χ4n) is 2.76. The number of benzene rings is 2. The summed E-state index contributed by atoms with van der Waals surface area (Å²) in [6.45, 7) is 1.94. The van der Waals surface area contributed by atoms with Crippen molar-refractivity contribution in [3.05, 3.63) is 86.8 Å². The van der Waals surface area contributed by atoms with E-state index in [-0.39, 0.29) is 22.8 Å². The first-order chi connectivity index (χ1) is 14.4. The number of non-ortho nitro benzene ring substituents is 1. The van der Waals surface area contributed by atoms with Gasteiger partial charge in [0.25, 0.3) is 11.6 Å². The van der Waals surface area contributed by atoms with Gasteiger partial charge in [-0.2, -0.15) is 5.10 Å². The van der Waals surface area contributed by atoms with Crippen molar-refractivity contribution < 1.29 is 14.5 Å². The van der Waals surface area contributed by atoms with Crippen LogP contribution >= 0.6 is 15.9 Å². The quantitative estimate of drug-likeness (QED) is 0.334. The van der Waals surface area contributed by atoms with Gasteiger partial charge in [-0.1, -0.05) is 17.7 Å². The Hall–Kier alpha value is -3.79. The molecule has 150 valence electrons. The average Bonchev–Trinajstić information content (AvgIpc) is 3.06. The number of fused-ring (bicyclic) bond motifs is 1. The van der Waals surface area contributed by atoms with Gasteiger partial charge >= 0.3 is 0 Å². The summed E-state index contributed by atoms with van der Waals surface area (Å²) in [7, 11) is 0. The SMILES string of the molecule is Cc1ccc(Oc2cc(NC(=O)c3nn4cccnc4c3Br)cc([N+](=O)[O-])c2)cc1. The molecule has 2 aromatic heterocycles. The van der Waals surface area contributed by atoms with Crippen LogP contribution in [0.1, 0.15) is 16.1 Å². The maximum atomic E-state index is 12.7. The van der Waals surface area contributed by atoms with Crippen LogP contribution in [0.5, 0.6) is 11.5 Å². The molecule has 0 saturated carbocycles. The molecule has 4 aromatic rings. The zero-order chi connectivity index (χ0) is 21.3. The lowest BCUT2D eigenvalue weighted by molar-refractivity contribution is -0.384. The van der Waals surface area contributed by atoms with E-state index >= 15 is 0 Å². The van der Waals surface area contributed by atoms with Crippen LogP contribution in [0.3, 0.4) is 0 Å². The number of nitro groups is 1. The Morgan fingerprint density at radius 3 is 2.67 bits per heavy atom. The number of hydrogen-bond acceptors (Lipinski definition) is 6. The van der Waals surface area contributed by atoms with Gasteiger partial charge in [0, 0.05) is 24.5 Å². The Labute approximate surface area is 178 Å². The van der Waals surface area contributed by atoms with Crippen molar-refractivity contribution in [2.75, 3.05) is 5.32 Å². The fraction of sp³-hybridized carbons (Fsp3) is 0.0500. The molecule has 0 fully saturated rings. The summed E-state index contributed by atoms with van der Waals surface area (Å²) >= 11 is 3.33. The molecule has 0 saturated heterocycles. The van der Waals surface area contributed by atoms with Crippen LogP contribution in [-0.2, 0) is 0 Å². The Balaban J connectivity index is 1.64. The van der Waals surface area contributed by atoms with Crippen molar-refractivity contribution in [1.82, 2.24) is 14.6 Å². The number of amides is 1. The molecule has 0 unspecified atom stereocenters. The van der Waals surface area contributed by atoms with Crippen LogP contribution in [0.2, 0.25) is 0 Å². The van der Waals surface area contributed by atoms with E-state index in [0.717, 1.165) is 5.56 Å². The molecule has 30 heavy (non-hydrogen) atoms. The van der Waals surface area contributed by atoms with E-state index in [1.54, 1.807) is 30.6 Å². The maximum absolute atomic E-state index is 12.7. The number of carbonyl (C=O) groups is 1. The number of rotatable bonds is 5. The van der Waals surface area contributed by atoms with Gasteiger partial charge in [0.1, 0.15) is 11.5 Å². The number of ether oxygens (including phenoxy) is 1. The minimum absolute atomic E-state index is 0.0983. The average molecular weight is 468 g/mol. The van der Waals surface area contributed by atoms with Crippen LogP contribution in [-0.4, -0.2) is 25.4 Å². The molecule has 4 rings (SSSR count). The molecule has 2 heterocycles. The van der Waals surface area contributed by atoms with Crippen molar-refractivity contribution in [3.8, 4) is 11.5 Å². The van der Waals surface area contributed by atoms with E-state index in [1.165, 1.54) is 22.7 Å². The Bertz CT molecular complexity index is 1270. The zero-order valence-corrected chi connectivity index (χ0v) is 17.2. The monoisotopic (exact) mass is 467 g/mol. The van der Waals surface area contributed by atoms with Crippen LogP contribution < -0.4 is 10.1 Å². The molecule has 0 radical (unpaired) electrons. The molecule has 0 aliphatic heterocycles. The lowest BCUT2D eigenvalue weighted by Crippen LogP contribution is -2.13. The number of carbonyl (C=O) groups excluding carboxylic acids is 1. The van der Waals surface area contributed by atoms with E-state index < -0.39 is 10.8 Å². The van der Waals surface area contributed by atoms with Crippen molar-refractivity contribution in [3.63, 3.8) is 0 Å². The molecule has 0 spiro atoms. The number of aromatic nitrogens is 3. The number of anilines is 1. The molecule has 0 aliphatic carbocycles. The second kappa shape index (κ2) is 7.91. The predicted octanol–water partition coefficient (Wildman–Crippen LogP) is 4.75. The number of halogens is 1. The summed E-state index contributed by atoms with van der Waals surface area (Å²) in [6, 6.07) is 13.0. The van der Waals surface area contributed by atoms with E-state index in [0.29, 0.717) is 15.9 Å². The third-order valence-corrected chi connectivity index (χ3v) is 4.90. The molecular formula is C20H14BrN5O4. The maximum Gasteiger partial charge on any atom is 0.277 e. The fourth-order valence-corrected chi connectivity index (χ4v) is 3.30. The Kier molecular flexibility index (Phi) is 5.15. The molecule has 0 bridgehead atoms. The number of hydrogen-bond donors (Lipinski definition) is 1. The molecule has 1 N–H and O–H groups in total.